The Morgan fingerprint density at radius 1 is 1.20 bits per heavy atom. The van der Waals surface area contributed by atoms with Gasteiger partial charge in [0.1, 0.15) is 19.5 Å². The van der Waals surface area contributed by atoms with Crippen LogP contribution in [0.3, 0.4) is 0 Å². The Morgan fingerprint density at radius 3 is 2.93 bits per heavy atom. The number of carbonyl (C=O) groups is 1. The van der Waals surface area contributed by atoms with E-state index < -0.39 is 0 Å². The predicted octanol–water partition coefficient (Wildman–Crippen LogP) is 3.80. The fraction of sp³-hybridized carbons (Fsp3) is 0.250. The number of amides is 1. The van der Waals surface area contributed by atoms with Gasteiger partial charge in [-0.2, -0.15) is 0 Å². The Labute approximate surface area is 187 Å². The Kier molecular flexibility index (Phi) is 6.66. The van der Waals surface area contributed by atoms with Gasteiger partial charge in [-0.15, -0.1) is 10.2 Å². The van der Waals surface area contributed by atoms with E-state index >= 15 is 0 Å². The number of hydrogen-bond donors (Lipinski definition) is 1. The summed E-state index contributed by atoms with van der Waals surface area (Å²) in [4.78, 5) is 12.2. The maximum absolute atomic E-state index is 12.2. The quantitative estimate of drug-likeness (QED) is 0.535. The lowest BCUT2D eigenvalue weighted by molar-refractivity contribution is -0.118. The van der Waals surface area contributed by atoms with Crippen LogP contribution in [0.1, 0.15) is 5.56 Å². The summed E-state index contributed by atoms with van der Waals surface area (Å²) in [7, 11) is 0. The molecule has 0 unspecified atom stereocenters. The second-order valence-corrected chi connectivity index (χ2v) is 8.24. The largest absolute Gasteiger partial charge is 0.486 e. The zero-order valence-corrected chi connectivity index (χ0v) is 18.1. The van der Waals surface area contributed by atoms with Gasteiger partial charge in [-0.05, 0) is 42.3 Å². The first-order valence-corrected chi connectivity index (χ1v) is 11.0. The molecule has 0 atom stereocenters. The molecule has 1 aromatic heterocycles. The van der Waals surface area contributed by atoms with Crippen LogP contribution in [0.5, 0.6) is 11.5 Å². The van der Waals surface area contributed by atoms with Gasteiger partial charge in [0.15, 0.2) is 16.7 Å². The van der Waals surface area contributed by atoms with Gasteiger partial charge in [0.2, 0.25) is 5.91 Å². The molecule has 0 saturated carbocycles. The molecule has 2 heterocycles. The third-order valence-electron chi connectivity index (χ3n) is 4.33. The summed E-state index contributed by atoms with van der Waals surface area (Å²) in [5, 5.41) is 12.7. The standard InChI is InChI=1S/C20H18Cl2N4O3S/c21-14-2-1-3-15(10-14)26-12-24-25-20(26)30-11-18(27)23-5-4-13-8-16(22)19-17(9-13)28-6-7-29-19/h1-3,8-10,12H,4-7,11H2,(H,23,27). The topological polar surface area (TPSA) is 78.3 Å². The fourth-order valence-corrected chi connectivity index (χ4v) is 4.19. The van der Waals surface area contributed by atoms with Crippen molar-refractivity contribution in [3.8, 4) is 17.2 Å². The lowest BCUT2D eigenvalue weighted by atomic mass is 10.1. The summed E-state index contributed by atoms with van der Waals surface area (Å²) in [6, 6.07) is 11.1. The number of hydrogen-bond acceptors (Lipinski definition) is 6. The average Bonchev–Trinajstić information content (AvgIpc) is 3.21. The third kappa shape index (κ3) is 5.00. The van der Waals surface area contributed by atoms with Crippen molar-refractivity contribution >= 4 is 40.9 Å². The van der Waals surface area contributed by atoms with Crippen LogP contribution in [-0.2, 0) is 11.2 Å². The van der Waals surface area contributed by atoms with Crippen LogP contribution in [0.2, 0.25) is 10.0 Å². The van der Waals surface area contributed by atoms with E-state index in [0.717, 1.165) is 11.3 Å². The number of benzene rings is 2. The van der Waals surface area contributed by atoms with Gasteiger partial charge in [0.25, 0.3) is 0 Å². The summed E-state index contributed by atoms with van der Waals surface area (Å²) < 4.78 is 12.9. The molecule has 0 fully saturated rings. The Hall–Kier alpha value is -2.42. The van der Waals surface area contributed by atoms with Gasteiger partial charge in [0.05, 0.1) is 16.5 Å². The highest BCUT2D eigenvalue weighted by atomic mass is 35.5. The number of nitrogens with zero attached hydrogens (tertiary/aromatic N) is 3. The molecule has 0 saturated heterocycles. The number of aromatic nitrogens is 3. The molecule has 0 aliphatic carbocycles. The van der Waals surface area contributed by atoms with Gasteiger partial charge < -0.3 is 14.8 Å². The first-order chi connectivity index (χ1) is 14.6. The zero-order chi connectivity index (χ0) is 20.9. The molecule has 3 aromatic rings. The predicted molar refractivity (Wildman–Crippen MR) is 116 cm³/mol. The van der Waals surface area contributed by atoms with Crippen LogP contribution in [0.4, 0.5) is 0 Å². The summed E-state index contributed by atoms with van der Waals surface area (Å²) >= 11 is 13.6. The van der Waals surface area contributed by atoms with Crippen LogP contribution >= 0.6 is 35.0 Å². The van der Waals surface area contributed by atoms with Crippen molar-refractivity contribution in [2.75, 3.05) is 25.5 Å². The van der Waals surface area contributed by atoms with Crippen molar-refractivity contribution in [1.29, 1.82) is 0 Å². The van der Waals surface area contributed by atoms with Crippen molar-refractivity contribution in [3.05, 3.63) is 58.3 Å². The molecule has 1 amide bonds. The molecule has 1 aliphatic rings. The maximum Gasteiger partial charge on any atom is 0.230 e. The number of thioether (sulfide) groups is 1. The van der Waals surface area contributed by atoms with Gasteiger partial charge in [-0.3, -0.25) is 9.36 Å². The van der Waals surface area contributed by atoms with E-state index in [1.54, 1.807) is 17.0 Å². The number of fused-ring (bicyclic) bond motifs is 1. The van der Waals surface area contributed by atoms with Crippen molar-refractivity contribution < 1.29 is 14.3 Å². The average molecular weight is 465 g/mol. The van der Waals surface area contributed by atoms with Crippen LogP contribution in [-0.4, -0.2) is 46.2 Å². The van der Waals surface area contributed by atoms with Crippen LogP contribution < -0.4 is 14.8 Å². The highest BCUT2D eigenvalue weighted by molar-refractivity contribution is 7.99. The molecule has 4 rings (SSSR count). The highest BCUT2D eigenvalue weighted by Crippen LogP contribution is 2.38. The smallest absolute Gasteiger partial charge is 0.230 e. The third-order valence-corrected chi connectivity index (χ3v) is 5.79. The Balaban J connectivity index is 1.28. The summed E-state index contributed by atoms with van der Waals surface area (Å²) in [6.45, 7) is 1.47. The Morgan fingerprint density at radius 2 is 2.07 bits per heavy atom. The molecule has 2 aromatic carbocycles. The van der Waals surface area contributed by atoms with E-state index in [1.165, 1.54) is 11.8 Å². The fourth-order valence-electron chi connectivity index (χ4n) is 2.96. The van der Waals surface area contributed by atoms with Crippen molar-refractivity contribution in [2.45, 2.75) is 11.6 Å². The second-order valence-electron chi connectivity index (χ2n) is 6.45. The second kappa shape index (κ2) is 9.59. The number of halogens is 2. The van der Waals surface area contributed by atoms with Gasteiger partial charge >= 0.3 is 0 Å². The van der Waals surface area contributed by atoms with Gasteiger partial charge in [0, 0.05) is 11.6 Å². The molecule has 1 aliphatic heterocycles. The van der Waals surface area contributed by atoms with Gasteiger partial charge in [-0.25, -0.2) is 0 Å². The van der Waals surface area contributed by atoms with E-state index in [9.17, 15) is 4.79 Å². The molecule has 0 radical (unpaired) electrons. The monoisotopic (exact) mass is 464 g/mol. The SMILES string of the molecule is O=C(CSc1nncn1-c1cccc(Cl)c1)NCCc1cc(Cl)c2c(c1)OCCO2. The van der Waals surface area contributed by atoms with E-state index in [1.807, 2.05) is 30.3 Å². The van der Waals surface area contributed by atoms with E-state index in [2.05, 4.69) is 15.5 Å². The molecule has 0 bridgehead atoms. The number of nitrogens with one attached hydrogen (secondary N) is 1. The first kappa shape index (κ1) is 20.8. The minimum Gasteiger partial charge on any atom is -0.486 e. The van der Waals surface area contributed by atoms with Crippen molar-refractivity contribution in [1.82, 2.24) is 20.1 Å². The molecule has 0 spiro atoms. The molecule has 7 nitrogen and oxygen atoms in total. The van der Waals surface area contributed by atoms with E-state index in [0.29, 0.717) is 52.9 Å². The molecule has 156 valence electrons. The summed E-state index contributed by atoms with van der Waals surface area (Å²) in [6.07, 6.45) is 2.23. The number of carbonyl (C=O) groups excluding carboxylic acids is 1. The van der Waals surface area contributed by atoms with Crippen molar-refractivity contribution in [3.63, 3.8) is 0 Å². The van der Waals surface area contributed by atoms with Crippen LogP contribution in [0.15, 0.2) is 47.9 Å². The summed E-state index contributed by atoms with van der Waals surface area (Å²) in [5.41, 5.74) is 1.81. The number of rotatable bonds is 7. The molecule has 1 N–H and O–H groups in total. The number of ether oxygens (including phenoxy) is 2. The molecule has 30 heavy (non-hydrogen) atoms. The molecule has 10 heteroatoms. The van der Waals surface area contributed by atoms with Crippen molar-refractivity contribution in [2.24, 2.45) is 0 Å². The molecular formula is C20H18Cl2N4O3S. The zero-order valence-electron chi connectivity index (χ0n) is 15.8. The van der Waals surface area contributed by atoms with Crippen LogP contribution in [0, 0.1) is 0 Å². The lowest BCUT2D eigenvalue weighted by Gasteiger charge is -2.20. The highest BCUT2D eigenvalue weighted by Gasteiger charge is 2.17. The van der Waals surface area contributed by atoms with Gasteiger partial charge in [-0.1, -0.05) is 41.0 Å². The maximum atomic E-state index is 12.2. The minimum atomic E-state index is -0.0933. The van der Waals surface area contributed by atoms with Crippen LogP contribution in [0.25, 0.3) is 5.69 Å². The Bertz CT molecular complexity index is 1060. The van der Waals surface area contributed by atoms with E-state index in [-0.39, 0.29) is 11.7 Å². The lowest BCUT2D eigenvalue weighted by Crippen LogP contribution is -2.27. The minimum absolute atomic E-state index is 0.0933. The first-order valence-electron chi connectivity index (χ1n) is 9.23. The van der Waals surface area contributed by atoms with E-state index in [4.69, 9.17) is 32.7 Å². The normalized spacial score (nSPS) is 12.6. The molecular weight excluding hydrogens is 447 g/mol. The summed E-state index contributed by atoms with van der Waals surface area (Å²) in [5.74, 6) is 1.35.